The van der Waals surface area contributed by atoms with Crippen molar-refractivity contribution in [1.82, 2.24) is 10.2 Å². The first-order valence-corrected chi connectivity index (χ1v) is 16.9. The molecule has 0 saturated carbocycles. The highest BCUT2D eigenvalue weighted by molar-refractivity contribution is 7.92. The number of carbonyl (C=O) groups excluding carboxylic acids is 2. The van der Waals surface area contributed by atoms with Crippen molar-refractivity contribution in [3.05, 3.63) is 126 Å². The van der Waals surface area contributed by atoms with Gasteiger partial charge in [0.2, 0.25) is 21.8 Å². The lowest BCUT2D eigenvalue weighted by Crippen LogP contribution is -2.54. The zero-order valence-electron chi connectivity index (χ0n) is 26.2. The summed E-state index contributed by atoms with van der Waals surface area (Å²) in [5, 5.41) is 3.04. The lowest BCUT2D eigenvalue weighted by molar-refractivity contribution is -0.140. The van der Waals surface area contributed by atoms with E-state index in [0.717, 1.165) is 33.7 Å². The molecule has 0 bridgehead atoms. The Morgan fingerprint density at radius 1 is 0.800 bits per heavy atom. The molecular weight excluding hydrogens is 586 g/mol. The number of rotatable bonds is 14. The summed E-state index contributed by atoms with van der Waals surface area (Å²) in [4.78, 5) is 29.6. The average molecular weight is 628 g/mol. The molecule has 0 unspecified atom stereocenters. The first kappa shape index (κ1) is 33.3. The normalized spacial score (nSPS) is 12.5. The molecule has 4 aromatic carbocycles. The second-order valence-electron chi connectivity index (χ2n) is 11.2. The van der Waals surface area contributed by atoms with Gasteiger partial charge in [0.1, 0.15) is 24.1 Å². The Kier molecular flexibility index (Phi) is 11.4. The number of para-hydroxylation sites is 1. The first-order valence-electron chi connectivity index (χ1n) is 15.0. The Labute approximate surface area is 266 Å². The van der Waals surface area contributed by atoms with Crippen LogP contribution in [0.15, 0.2) is 109 Å². The van der Waals surface area contributed by atoms with Gasteiger partial charge in [-0.3, -0.25) is 13.9 Å². The predicted molar refractivity (Wildman–Crippen MR) is 179 cm³/mol. The second kappa shape index (κ2) is 15.4. The molecule has 0 saturated heterocycles. The molecule has 0 aromatic heterocycles. The van der Waals surface area contributed by atoms with Crippen LogP contribution in [0.25, 0.3) is 0 Å². The summed E-state index contributed by atoms with van der Waals surface area (Å²) in [6.45, 7) is 5.52. The predicted octanol–water partition coefficient (Wildman–Crippen LogP) is 6.11. The Morgan fingerprint density at radius 3 is 1.96 bits per heavy atom. The zero-order chi connectivity index (χ0) is 32.4. The highest BCUT2D eigenvalue weighted by Crippen LogP contribution is 2.26. The minimum Gasteiger partial charge on any atom is -0.457 e. The number of benzene rings is 4. The minimum absolute atomic E-state index is 0.101. The molecule has 0 heterocycles. The van der Waals surface area contributed by atoms with E-state index in [-0.39, 0.29) is 24.9 Å². The second-order valence-corrected chi connectivity index (χ2v) is 13.1. The number of amides is 2. The Morgan fingerprint density at radius 2 is 1.38 bits per heavy atom. The number of nitrogens with one attached hydrogen (secondary N) is 1. The monoisotopic (exact) mass is 627 g/mol. The molecule has 0 aliphatic rings. The van der Waals surface area contributed by atoms with Gasteiger partial charge in [-0.25, -0.2) is 8.42 Å². The molecule has 0 radical (unpaired) electrons. The van der Waals surface area contributed by atoms with Crippen LogP contribution < -0.4 is 14.4 Å². The fourth-order valence-corrected chi connectivity index (χ4v) is 5.65. The maximum atomic E-state index is 14.3. The van der Waals surface area contributed by atoms with E-state index in [9.17, 15) is 18.0 Å². The summed E-state index contributed by atoms with van der Waals surface area (Å²) in [5.41, 5.74) is 3.09. The molecular formula is C36H41N3O5S. The molecule has 0 aliphatic heterocycles. The SMILES string of the molecule is CC[C@@H](C)NC(=O)[C@@H](Cc1ccccc1)N(Cc1ccc(C)cc1)C(=O)CN(c1ccc(Oc2ccccc2)cc1)S(C)(=O)=O. The molecule has 1 N–H and O–H groups in total. The number of hydrogen-bond donors (Lipinski definition) is 1. The fraction of sp³-hybridized carbons (Fsp3) is 0.278. The van der Waals surface area contributed by atoms with Crippen LogP contribution in [0.2, 0.25) is 0 Å². The van der Waals surface area contributed by atoms with Crippen LogP contribution in [-0.2, 0) is 32.6 Å². The first-order chi connectivity index (χ1) is 21.5. The van der Waals surface area contributed by atoms with Crippen molar-refractivity contribution in [3.8, 4) is 11.5 Å². The summed E-state index contributed by atoms with van der Waals surface area (Å²) in [7, 11) is -3.88. The lowest BCUT2D eigenvalue weighted by atomic mass is 10.0. The molecule has 2 atom stereocenters. The average Bonchev–Trinajstić information content (AvgIpc) is 3.03. The van der Waals surface area contributed by atoms with E-state index in [2.05, 4.69) is 5.32 Å². The number of hydrogen-bond acceptors (Lipinski definition) is 5. The van der Waals surface area contributed by atoms with Gasteiger partial charge in [0.25, 0.3) is 0 Å². The molecule has 9 heteroatoms. The maximum Gasteiger partial charge on any atom is 0.244 e. The Hall–Kier alpha value is -4.63. The van der Waals surface area contributed by atoms with Crippen LogP contribution in [0.3, 0.4) is 0 Å². The molecule has 236 valence electrons. The minimum atomic E-state index is -3.88. The highest BCUT2D eigenvalue weighted by Gasteiger charge is 2.33. The van der Waals surface area contributed by atoms with Gasteiger partial charge in [0, 0.05) is 19.0 Å². The summed E-state index contributed by atoms with van der Waals surface area (Å²) in [6.07, 6.45) is 2.06. The van der Waals surface area contributed by atoms with Crippen LogP contribution in [0.1, 0.15) is 37.0 Å². The lowest BCUT2D eigenvalue weighted by Gasteiger charge is -2.34. The third kappa shape index (κ3) is 9.68. The van der Waals surface area contributed by atoms with Gasteiger partial charge >= 0.3 is 0 Å². The molecule has 0 aliphatic carbocycles. The molecule has 4 aromatic rings. The van der Waals surface area contributed by atoms with E-state index < -0.39 is 28.5 Å². The Balaban J connectivity index is 1.67. The van der Waals surface area contributed by atoms with Gasteiger partial charge in [0.05, 0.1) is 11.9 Å². The number of sulfonamides is 1. The molecule has 4 rings (SSSR count). The van der Waals surface area contributed by atoms with Crippen molar-refractivity contribution in [3.63, 3.8) is 0 Å². The van der Waals surface area contributed by atoms with E-state index in [4.69, 9.17) is 4.74 Å². The van der Waals surface area contributed by atoms with E-state index >= 15 is 0 Å². The fourth-order valence-electron chi connectivity index (χ4n) is 4.80. The van der Waals surface area contributed by atoms with Gasteiger partial charge in [0.15, 0.2) is 0 Å². The standard InChI is InChI=1S/C36H41N3O5S/c1-5-28(3)37-36(41)34(24-29-12-8-6-9-13-29)38(25-30-18-16-27(2)17-19-30)35(40)26-39(45(4,42)43)31-20-22-33(23-21-31)44-32-14-10-7-11-15-32/h6-23,28,34H,5,24-26H2,1-4H3,(H,37,41)/t28-,34-/m1/s1. The highest BCUT2D eigenvalue weighted by atomic mass is 32.2. The summed E-state index contributed by atoms with van der Waals surface area (Å²) in [6, 6.07) is 32.0. The number of nitrogens with zero attached hydrogens (tertiary/aromatic N) is 2. The van der Waals surface area contributed by atoms with Crippen LogP contribution in [-0.4, -0.2) is 50.0 Å². The number of anilines is 1. The van der Waals surface area contributed by atoms with Crippen molar-refractivity contribution in [2.24, 2.45) is 0 Å². The smallest absolute Gasteiger partial charge is 0.244 e. The summed E-state index contributed by atoms with van der Waals surface area (Å²) in [5.74, 6) is 0.385. The quantitative estimate of drug-likeness (QED) is 0.182. The van der Waals surface area contributed by atoms with E-state index in [1.807, 2.05) is 106 Å². The molecule has 8 nitrogen and oxygen atoms in total. The van der Waals surface area contributed by atoms with E-state index in [0.29, 0.717) is 17.2 Å². The third-order valence-electron chi connectivity index (χ3n) is 7.53. The van der Waals surface area contributed by atoms with Crippen molar-refractivity contribution in [2.75, 3.05) is 17.1 Å². The topological polar surface area (TPSA) is 96.0 Å². The maximum absolute atomic E-state index is 14.3. The number of carbonyl (C=O) groups is 2. The van der Waals surface area contributed by atoms with Crippen molar-refractivity contribution >= 4 is 27.5 Å². The van der Waals surface area contributed by atoms with Crippen molar-refractivity contribution in [2.45, 2.75) is 52.2 Å². The van der Waals surface area contributed by atoms with Crippen LogP contribution in [0.5, 0.6) is 11.5 Å². The van der Waals surface area contributed by atoms with Gasteiger partial charge < -0.3 is 15.0 Å². The number of ether oxygens (including phenoxy) is 1. The van der Waals surface area contributed by atoms with Crippen LogP contribution in [0, 0.1) is 6.92 Å². The zero-order valence-corrected chi connectivity index (χ0v) is 27.0. The van der Waals surface area contributed by atoms with E-state index in [1.165, 1.54) is 4.90 Å². The summed E-state index contributed by atoms with van der Waals surface area (Å²) < 4.78 is 33.1. The van der Waals surface area contributed by atoms with Crippen LogP contribution >= 0.6 is 0 Å². The summed E-state index contributed by atoms with van der Waals surface area (Å²) >= 11 is 0. The van der Waals surface area contributed by atoms with E-state index in [1.54, 1.807) is 24.3 Å². The van der Waals surface area contributed by atoms with Gasteiger partial charge in [-0.05, 0) is 67.8 Å². The Bertz CT molecular complexity index is 1640. The molecule has 2 amide bonds. The molecule has 0 spiro atoms. The van der Waals surface area contributed by atoms with Crippen molar-refractivity contribution < 1.29 is 22.7 Å². The third-order valence-corrected chi connectivity index (χ3v) is 8.67. The molecule has 45 heavy (non-hydrogen) atoms. The van der Waals surface area contributed by atoms with Gasteiger partial charge in [-0.15, -0.1) is 0 Å². The van der Waals surface area contributed by atoms with Gasteiger partial charge in [-0.2, -0.15) is 0 Å². The largest absolute Gasteiger partial charge is 0.457 e. The molecule has 0 fully saturated rings. The van der Waals surface area contributed by atoms with Crippen molar-refractivity contribution in [1.29, 1.82) is 0 Å². The van der Waals surface area contributed by atoms with Crippen LogP contribution in [0.4, 0.5) is 5.69 Å². The number of aryl methyl sites for hydroxylation is 1. The van der Waals surface area contributed by atoms with Gasteiger partial charge in [-0.1, -0.05) is 85.3 Å².